The van der Waals surface area contributed by atoms with Crippen LogP contribution in [0.2, 0.25) is 0 Å². The summed E-state index contributed by atoms with van der Waals surface area (Å²) in [5.41, 5.74) is 0.890. The van der Waals surface area contributed by atoms with Crippen molar-refractivity contribution in [1.82, 2.24) is 10.6 Å². The molecule has 2 amide bonds. The number of ether oxygens (including phenoxy) is 3. The smallest absolute Gasteiger partial charge is 0.408 e. The Morgan fingerprint density at radius 3 is 2.46 bits per heavy atom. The van der Waals surface area contributed by atoms with Gasteiger partial charge in [-0.15, -0.1) is 0 Å². The molecule has 1 atom stereocenters. The maximum absolute atomic E-state index is 12.3. The van der Waals surface area contributed by atoms with Crippen LogP contribution in [0.15, 0.2) is 30.3 Å². The predicted octanol–water partition coefficient (Wildman–Crippen LogP) is 2.11. The first kappa shape index (κ1) is 21.9. The highest BCUT2D eigenvalue weighted by Crippen LogP contribution is 2.04. The normalized spacial score (nSPS) is 11.8. The molecule has 0 fully saturated rings. The second-order valence-electron chi connectivity index (χ2n) is 6.18. The summed E-state index contributed by atoms with van der Waals surface area (Å²) in [5.74, 6) is -0.286. The Kier molecular flexibility index (Phi) is 11.1. The molecule has 7 heteroatoms. The second-order valence-corrected chi connectivity index (χ2v) is 6.18. The van der Waals surface area contributed by atoms with Gasteiger partial charge in [-0.1, -0.05) is 44.2 Å². The van der Waals surface area contributed by atoms with Crippen molar-refractivity contribution >= 4 is 12.0 Å². The molecule has 7 nitrogen and oxygen atoms in total. The highest BCUT2D eigenvalue weighted by molar-refractivity contribution is 5.85. The van der Waals surface area contributed by atoms with Gasteiger partial charge in [-0.2, -0.15) is 0 Å². The first-order valence-electron chi connectivity index (χ1n) is 8.86. The highest BCUT2D eigenvalue weighted by Gasteiger charge is 2.24. The van der Waals surface area contributed by atoms with Crippen LogP contribution >= 0.6 is 0 Å². The number of benzene rings is 1. The van der Waals surface area contributed by atoms with Crippen LogP contribution in [0.5, 0.6) is 0 Å². The maximum atomic E-state index is 12.3. The predicted molar refractivity (Wildman–Crippen MR) is 98.7 cm³/mol. The molecular weight excluding hydrogens is 336 g/mol. The summed E-state index contributed by atoms with van der Waals surface area (Å²) in [4.78, 5) is 24.3. The van der Waals surface area contributed by atoms with Gasteiger partial charge in [-0.25, -0.2) is 4.79 Å². The van der Waals surface area contributed by atoms with Crippen molar-refractivity contribution in [2.24, 2.45) is 5.92 Å². The molecule has 0 spiro atoms. The van der Waals surface area contributed by atoms with Gasteiger partial charge in [-0.05, 0) is 17.9 Å². The van der Waals surface area contributed by atoms with Gasteiger partial charge in [0.2, 0.25) is 5.91 Å². The van der Waals surface area contributed by atoms with Crippen molar-refractivity contribution < 1.29 is 23.8 Å². The fourth-order valence-electron chi connectivity index (χ4n) is 2.17. The van der Waals surface area contributed by atoms with Crippen LogP contribution in [0.25, 0.3) is 0 Å². The summed E-state index contributed by atoms with van der Waals surface area (Å²) < 4.78 is 15.4. The van der Waals surface area contributed by atoms with E-state index in [9.17, 15) is 9.59 Å². The number of carbonyl (C=O) groups excluding carboxylic acids is 2. The summed E-state index contributed by atoms with van der Waals surface area (Å²) in [5, 5.41) is 5.45. The molecule has 0 radical (unpaired) electrons. The number of methoxy groups -OCH3 is 1. The first-order valence-corrected chi connectivity index (χ1v) is 8.86. The lowest BCUT2D eigenvalue weighted by molar-refractivity contribution is -0.124. The number of nitrogens with one attached hydrogen (secondary N) is 2. The van der Waals surface area contributed by atoms with Crippen LogP contribution in [0.3, 0.4) is 0 Å². The Bertz CT molecular complexity index is 522. The van der Waals surface area contributed by atoms with E-state index < -0.39 is 12.1 Å². The molecule has 0 saturated carbocycles. The van der Waals surface area contributed by atoms with E-state index in [0.29, 0.717) is 32.8 Å². The van der Waals surface area contributed by atoms with E-state index >= 15 is 0 Å². The molecule has 0 aliphatic rings. The van der Waals surface area contributed by atoms with Gasteiger partial charge in [0.25, 0.3) is 0 Å². The molecule has 0 heterocycles. The Morgan fingerprint density at radius 2 is 1.81 bits per heavy atom. The minimum Gasteiger partial charge on any atom is -0.445 e. The van der Waals surface area contributed by atoms with Crippen LogP contribution in [0.4, 0.5) is 4.79 Å². The van der Waals surface area contributed by atoms with E-state index in [1.807, 2.05) is 44.2 Å². The number of alkyl carbamates (subject to hydrolysis) is 1. The molecule has 0 aliphatic heterocycles. The molecule has 1 aromatic rings. The second kappa shape index (κ2) is 13.1. The molecule has 0 bridgehead atoms. The van der Waals surface area contributed by atoms with Crippen LogP contribution in [0.1, 0.15) is 25.8 Å². The SMILES string of the molecule is COCCOCCCNC(=O)[C@@H](NC(=O)OCc1ccccc1)C(C)C. The lowest BCUT2D eigenvalue weighted by Gasteiger charge is -2.21. The molecule has 0 unspecified atom stereocenters. The highest BCUT2D eigenvalue weighted by atomic mass is 16.5. The third-order valence-electron chi connectivity index (χ3n) is 3.63. The lowest BCUT2D eigenvalue weighted by Crippen LogP contribution is -2.50. The topological polar surface area (TPSA) is 85.9 Å². The first-order chi connectivity index (χ1) is 12.5. The summed E-state index contributed by atoms with van der Waals surface area (Å²) in [6.07, 6.45) is 0.0873. The van der Waals surface area contributed by atoms with Gasteiger partial charge in [0.1, 0.15) is 12.6 Å². The molecule has 146 valence electrons. The standard InChI is InChI=1S/C19H30N2O5/c1-15(2)17(18(22)20-10-7-11-25-13-12-24-3)21-19(23)26-14-16-8-5-4-6-9-16/h4-6,8-9,15,17H,7,10-14H2,1-3H3,(H,20,22)(H,21,23)/t17-/m0/s1. The summed E-state index contributed by atoms with van der Waals surface area (Å²) >= 11 is 0. The minimum atomic E-state index is -0.646. The van der Waals surface area contributed by atoms with Gasteiger partial charge in [-0.3, -0.25) is 4.79 Å². The van der Waals surface area contributed by atoms with Gasteiger partial charge in [0, 0.05) is 20.3 Å². The van der Waals surface area contributed by atoms with Crippen LogP contribution in [-0.4, -0.2) is 51.5 Å². The zero-order valence-electron chi connectivity index (χ0n) is 15.8. The van der Waals surface area contributed by atoms with Crippen molar-refractivity contribution in [3.63, 3.8) is 0 Å². The summed E-state index contributed by atoms with van der Waals surface area (Å²) in [6, 6.07) is 8.74. The number of amides is 2. The molecular formula is C19H30N2O5. The van der Waals surface area contributed by atoms with Crippen molar-refractivity contribution in [2.75, 3.05) is 33.5 Å². The van der Waals surface area contributed by atoms with Gasteiger partial charge in [0.15, 0.2) is 0 Å². The third-order valence-corrected chi connectivity index (χ3v) is 3.63. The largest absolute Gasteiger partial charge is 0.445 e. The van der Waals surface area contributed by atoms with Crippen molar-refractivity contribution in [3.8, 4) is 0 Å². The van der Waals surface area contributed by atoms with Crippen molar-refractivity contribution in [3.05, 3.63) is 35.9 Å². The van der Waals surface area contributed by atoms with Crippen molar-refractivity contribution in [2.45, 2.75) is 32.9 Å². The minimum absolute atomic E-state index is 0.0581. The average Bonchev–Trinajstić information content (AvgIpc) is 2.64. The molecule has 0 aliphatic carbocycles. The Morgan fingerprint density at radius 1 is 1.08 bits per heavy atom. The van der Waals surface area contributed by atoms with E-state index in [0.717, 1.165) is 5.56 Å². The molecule has 1 aromatic carbocycles. The van der Waals surface area contributed by atoms with E-state index in [1.165, 1.54) is 0 Å². The molecule has 1 rings (SSSR count). The van der Waals surface area contributed by atoms with Gasteiger partial charge < -0.3 is 24.8 Å². The van der Waals surface area contributed by atoms with Crippen molar-refractivity contribution in [1.29, 1.82) is 0 Å². The number of rotatable bonds is 12. The zero-order valence-corrected chi connectivity index (χ0v) is 15.8. The Labute approximate surface area is 155 Å². The number of hydrogen-bond acceptors (Lipinski definition) is 5. The van der Waals surface area contributed by atoms with E-state index in [-0.39, 0.29) is 18.4 Å². The summed E-state index contributed by atoms with van der Waals surface area (Å²) in [6.45, 7) is 6.02. The average molecular weight is 366 g/mol. The fourth-order valence-corrected chi connectivity index (χ4v) is 2.17. The molecule has 0 saturated heterocycles. The van der Waals surface area contributed by atoms with E-state index in [4.69, 9.17) is 14.2 Å². The molecule has 2 N–H and O–H groups in total. The quantitative estimate of drug-likeness (QED) is 0.553. The van der Waals surface area contributed by atoms with E-state index in [1.54, 1.807) is 7.11 Å². The zero-order chi connectivity index (χ0) is 19.2. The fraction of sp³-hybridized carbons (Fsp3) is 0.579. The third kappa shape index (κ3) is 9.39. The number of hydrogen-bond donors (Lipinski definition) is 2. The van der Waals surface area contributed by atoms with E-state index in [2.05, 4.69) is 10.6 Å². The maximum Gasteiger partial charge on any atom is 0.408 e. The van der Waals surface area contributed by atoms with Gasteiger partial charge in [0.05, 0.1) is 13.2 Å². The van der Waals surface area contributed by atoms with Crippen LogP contribution in [0, 0.1) is 5.92 Å². The Hall–Kier alpha value is -2.12. The monoisotopic (exact) mass is 366 g/mol. The molecule has 26 heavy (non-hydrogen) atoms. The van der Waals surface area contributed by atoms with Crippen LogP contribution in [-0.2, 0) is 25.6 Å². The Balaban J connectivity index is 2.30. The van der Waals surface area contributed by atoms with Crippen LogP contribution < -0.4 is 10.6 Å². The molecule has 0 aromatic heterocycles. The summed E-state index contributed by atoms with van der Waals surface area (Å²) in [7, 11) is 1.62. The lowest BCUT2D eigenvalue weighted by atomic mass is 10.0. The van der Waals surface area contributed by atoms with Gasteiger partial charge >= 0.3 is 6.09 Å². The number of carbonyl (C=O) groups is 2.